The standard InChI is InChI=1S/C17H16BrN5O2/c18-14-13-15(19)20-8-10-23(13)16(21-14)12-7-4-9-22(12)17(24)25-11-5-2-1-3-6-11/h1-3,5-6,8,10,12H,4,7,9H2,(H2,19,20)/t12-/m0/s1. The van der Waals surface area contributed by atoms with Crippen LogP contribution in [0.5, 0.6) is 5.75 Å². The molecule has 2 aromatic heterocycles. The quantitative estimate of drug-likeness (QED) is 0.710. The summed E-state index contributed by atoms with van der Waals surface area (Å²) in [5.74, 6) is 1.67. The van der Waals surface area contributed by atoms with Crippen molar-refractivity contribution in [2.45, 2.75) is 18.9 Å². The maximum absolute atomic E-state index is 12.6. The van der Waals surface area contributed by atoms with Crippen molar-refractivity contribution in [3.8, 4) is 5.75 Å². The van der Waals surface area contributed by atoms with Gasteiger partial charge < -0.3 is 10.5 Å². The monoisotopic (exact) mass is 401 g/mol. The summed E-state index contributed by atoms with van der Waals surface area (Å²) in [6.45, 7) is 0.628. The number of amides is 1. The predicted octanol–water partition coefficient (Wildman–Crippen LogP) is 3.41. The van der Waals surface area contributed by atoms with E-state index in [0.717, 1.165) is 18.7 Å². The largest absolute Gasteiger partial charge is 0.415 e. The van der Waals surface area contributed by atoms with Gasteiger partial charge in [0.1, 0.15) is 21.7 Å². The van der Waals surface area contributed by atoms with E-state index in [9.17, 15) is 4.79 Å². The molecule has 0 aliphatic carbocycles. The van der Waals surface area contributed by atoms with Gasteiger partial charge in [0.15, 0.2) is 5.82 Å². The topological polar surface area (TPSA) is 85.8 Å². The highest BCUT2D eigenvalue weighted by molar-refractivity contribution is 9.10. The number of nitrogens with zero attached hydrogens (tertiary/aromatic N) is 4. The van der Waals surface area contributed by atoms with Gasteiger partial charge in [0.2, 0.25) is 0 Å². The van der Waals surface area contributed by atoms with Gasteiger partial charge in [0.25, 0.3) is 0 Å². The molecule has 0 saturated carbocycles. The minimum Gasteiger partial charge on any atom is -0.410 e. The number of halogens is 1. The van der Waals surface area contributed by atoms with Crippen LogP contribution in [0.3, 0.4) is 0 Å². The van der Waals surface area contributed by atoms with Crippen molar-refractivity contribution < 1.29 is 9.53 Å². The van der Waals surface area contributed by atoms with Gasteiger partial charge >= 0.3 is 6.09 Å². The summed E-state index contributed by atoms with van der Waals surface area (Å²) in [5.41, 5.74) is 6.67. The van der Waals surface area contributed by atoms with Crippen LogP contribution in [0.4, 0.5) is 10.6 Å². The molecule has 7 nitrogen and oxygen atoms in total. The van der Waals surface area contributed by atoms with E-state index in [4.69, 9.17) is 10.5 Å². The Bertz CT molecular complexity index is 927. The van der Waals surface area contributed by atoms with E-state index in [0.29, 0.717) is 28.2 Å². The van der Waals surface area contributed by atoms with Gasteiger partial charge in [0, 0.05) is 18.9 Å². The summed E-state index contributed by atoms with van der Waals surface area (Å²) in [5, 5.41) is 0. The van der Waals surface area contributed by atoms with Crippen LogP contribution in [-0.4, -0.2) is 31.9 Å². The summed E-state index contributed by atoms with van der Waals surface area (Å²) in [7, 11) is 0. The van der Waals surface area contributed by atoms with E-state index in [1.807, 2.05) is 22.6 Å². The molecule has 3 aromatic rings. The third-order valence-electron chi connectivity index (χ3n) is 4.30. The van der Waals surface area contributed by atoms with Gasteiger partial charge in [0.05, 0.1) is 6.04 Å². The van der Waals surface area contributed by atoms with Crippen molar-refractivity contribution in [3.05, 3.63) is 53.2 Å². The number of likely N-dealkylation sites (tertiary alicyclic amines) is 1. The number of nitrogen functional groups attached to an aromatic ring is 1. The molecule has 0 bridgehead atoms. The Hall–Kier alpha value is -2.61. The summed E-state index contributed by atoms with van der Waals surface area (Å²) >= 11 is 3.44. The number of hydrogen-bond acceptors (Lipinski definition) is 5. The number of benzene rings is 1. The third-order valence-corrected chi connectivity index (χ3v) is 4.85. The van der Waals surface area contributed by atoms with E-state index >= 15 is 0 Å². The van der Waals surface area contributed by atoms with E-state index < -0.39 is 0 Å². The van der Waals surface area contributed by atoms with Gasteiger partial charge in [-0.05, 0) is 40.9 Å². The molecular weight excluding hydrogens is 386 g/mol. The number of aromatic nitrogens is 3. The van der Waals surface area contributed by atoms with Crippen molar-refractivity contribution in [3.63, 3.8) is 0 Å². The Balaban J connectivity index is 1.66. The highest BCUT2D eigenvalue weighted by Crippen LogP contribution is 2.35. The Morgan fingerprint density at radius 2 is 2.12 bits per heavy atom. The molecule has 0 spiro atoms. The first kappa shape index (κ1) is 15.9. The van der Waals surface area contributed by atoms with Crippen molar-refractivity contribution in [2.24, 2.45) is 0 Å². The zero-order valence-corrected chi connectivity index (χ0v) is 14.9. The molecular formula is C17H16BrN5O2. The number of carbonyl (C=O) groups is 1. The number of nitrogens with two attached hydrogens (primary N) is 1. The fourth-order valence-corrected chi connectivity index (χ4v) is 3.76. The van der Waals surface area contributed by atoms with Crippen LogP contribution in [0.25, 0.3) is 5.52 Å². The number of anilines is 1. The molecule has 25 heavy (non-hydrogen) atoms. The molecule has 1 aliphatic heterocycles. The van der Waals surface area contributed by atoms with E-state index in [1.165, 1.54) is 0 Å². The summed E-state index contributed by atoms with van der Waals surface area (Å²) in [4.78, 5) is 23.0. The molecule has 0 unspecified atom stereocenters. The molecule has 1 saturated heterocycles. The van der Waals surface area contributed by atoms with Crippen molar-refractivity contribution in [1.29, 1.82) is 0 Å². The van der Waals surface area contributed by atoms with E-state index in [2.05, 4.69) is 25.9 Å². The number of imidazole rings is 1. The number of ether oxygens (including phenoxy) is 1. The highest BCUT2D eigenvalue weighted by atomic mass is 79.9. The van der Waals surface area contributed by atoms with Gasteiger partial charge in [-0.3, -0.25) is 9.30 Å². The number of para-hydroxylation sites is 1. The smallest absolute Gasteiger partial charge is 0.410 e. The molecule has 128 valence electrons. The lowest BCUT2D eigenvalue weighted by Gasteiger charge is -2.23. The first-order chi connectivity index (χ1) is 12.1. The second kappa shape index (κ2) is 6.36. The molecule has 2 N–H and O–H groups in total. The van der Waals surface area contributed by atoms with Crippen molar-refractivity contribution >= 4 is 33.4 Å². The lowest BCUT2D eigenvalue weighted by Crippen LogP contribution is -2.33. The normalized spacial score (nSPS) is 17.2. The van der Waals surface area contributed by atoms with Crippen LogP contribution in [-0.2, 0) is 0 Å². The molecule has 1 fully saturated rings. The lowest BCUT2D eigenvalue weighted by molar-refractivity contribution is 0.145. The molecule has 3 heterocycles. The number of rotatable bonds is 2. The van der Waals surface area contributed by atoms with Gasteiger partial charge in [-0.15, -0.1) is 0 Å². The fraction of sp³-hybridized carbons (Fsp3) is 0.235. The average molecular weight is 402 g/mol. The molecule has 1 amide bonds. The van der Waals surface area contributed by atoms with Gasteiger partial charge in [-0.1, -0.05) is 18.2 Å². The third kappa shape index (κ3) is 2.82. The Morgan fingerprint density at radius 3 is 2.92 bits per heavy atom. The molecule has 1 atom stereocenters. The lowest BCUT2D eigenvalue weighted by atomic mass is 10.2. The number of fused-ring (bicyclic) bond motifs is 1. The molecule has 8 heteroatoms. The average Bonchev–Trinajstić information content (AvgIpc) is 3.21. The predicted molar refractivity (Wildman–Crippen MR) is 96.2 cm³/mol. The van der Waals surface area contributed by atoms with Gasteiger partial charge in [-0.25, -0.2) is 14.8 Å². The first-order valence-corrected chi connectivity index (χ1v) is 8.76. The summed E-state index contributed by atoms with van der Waals surface area (Å²) in [6, 6.07) is 8.89. The maximum Gasteiger partial charge on any atom is 0.415 e. The van der Waals surface area contributed by atoms with E-state index in [-0.39, 0.29) is 12.1 Å². The van der Waals surface area contributed by atoms with Crippen LogP contribution in [0, 0.1) is 0 Å². The molecule has 1 aliphatic rings. The maximum atomic E-state index is 12.6. The van der Waals surface area contributed by atoms with Crippen LogP contribution in [0.2, 0.25) is 0 Å². The highest BCUT2D eigenvalue weighted by Gasteiger charge is 2.35. The summed E-state index contributed by atoms with van der Waals surface area (Å²) < 4.78 is 8.00. The van der Waals surface area contributed by atoms with Gasteiger partial charge in [-0.2, -0.15) is 0 Å². The second-order valence-electron chi connectivity index (χ2n) is 5.82. The Labute approximate surface area is 152 Å². The fourth-order valence-electron chi connectivity index (χ4n) is 3.18. The molecule has 4 rings (SSSR count). The van der Waals surface area contributed by atoms with E-state index in [1.54, 1.807) is 29.4 Å². The minimum atomic E-state index is -0.372. The van der Waals surface area contributed by atoms with Crippen molar-refractivity contribution in [1.82, 2.24) is 19.3 Å². The SMILES string of the molecule is Nc1nccn2c([C@@H]3CCCN3C(=O)Oc3ccccc3)nc(Br)c12. The number of carbonyl (C=O) groups excluding carboxylic acids is 1. The zero-order chi connectivity index (χ0) is 17.4. The first-order valence-electron chi connectivity index (χ1n) is 7.96. The van der Waals surface area contributed by atoms with Crippen LogP contribution in [0.15, 0.2) is 47.3 Å². The Kier molecular flexibility index (Phi) is 4.04. The zero-order valence-electron chi connectivity index (χ0n) is 13.3. The van der Waals surface area contributed by atoms with Crippen molar-refractivity contribution in [2.75, 3.05) is 12.3 Å². The second-order valence-corrected chi connectivity index (χ2v) is 6.58. The molecule has 0 radical (unpaired) electrons. The molecule has 1 aromatic carbocycles. The van der Waals surface area contributed by atoms with Crippen LogP contribution in [0.1, 0.15) is 24.7 Å². The Morgan fingerprint density at radius 1 is 1.32 bits per heavy atom. The minimum absolute atomic E-state index is 0.170. The summed E-state index contributed by atoms with van der Waals surface area (Å²) in [6.07, 6.45) is 4.77. The van der Waals surface area contributed by atoms with Crippen LogP contribution >= 0.6 is 15.9 Å². The number of hydrogen-bond donors (Lipinski definition) is 1. The van der Waals surface area contributed by atoms with Crippen LogP contribution < -0.4 is 10.5 Å².